The summed E-state index contributed by atoms with van der Waals surface area (Å²) in [7, 11) is 0. The highest BCUT2D eigenvalue weighted by atomic mass is 19.1. The molecule has 0 spiro atoms. The topological polar surface area (TPSA) is 83.8 Å². The second-order valence-electron chi connectivity index (χ2n) is 8.15. The Labute approximate surface area is 164 Å². The predicted octanol–water partition coefficient (Wildman–Crippen LogP) is 2.07. The Balaban J connectivity index is 1.66. The van der Waals surface area contributed by atoms with Gasteiger partial charge in [0.2, 0.25) is 5.43 Å². The van der Waals surface area contributed by atoms with Gasteiger partial charge in [-0.3, -0.25) is 4.79 Å². The molecule has 2 fully saturated rings. The molecule has 0 amide bonds. The number of alkyl halides is 1. The zero-order valence-corrected chi connectivity index (χ0v) is 15.8. The fourth-order valence-electron chi connectivity index (χ4n) is 4.32. The molecule has 9 heteroatoms. The third-order valence-corrected chi connectivity index (χ3v) is 5.96. The van der Waals surface area contributed by atoms with Crippen LogP contribution in [-0.4, -0.2) is 53.6 Å². The van der Waals surface area contributed by atoms with Crippen molar-refractivity contribution in [3.05, 3.63) is 33.9 Å². The second kappa shape index (κ2) is 6.41. The number of aromatic carboxylic acids is 1. The lowest BCUT2D eigenvalue weighted by atomic mass is 10.1. The Morgan fingerprint density at radius 2 is 2.10 bits per heavy atom. The van der Waals surface area contributed by atoms with E-state index in [1.807, 2.05) is 6.92 Å². The van der Waals surface area contributed by atoms with Crippen LogP contribution < -0.4 is 20.4 Å². The number of hydrogen-bond donors (Lipinski definition) is 2. The summed E-state index contributed by atoms with van der Waals surface area (Å²) in [6, 6.07) is 0.757. The monoisotopic (exact) mass is 405 g/mol. The molecule has 2 aromatic rings. The number of carboxylic acids is 1. The average molecular weight is 405 g/mol. The van der Waals surface area contributed by atoms with E-state index in [1.54, 1.807) is 9.47 Å². The normalized spacial score (nSPS) is 26.0. The van der Waals surface area contributed by atoms with Crippen molar-refractivity contribution in [2.45, 2.75) is 44.1 Å². The van der Waals surface area contributed by atoms with E-state index in [-0.39, 0.29) is 42.1 Å². The Kier molecular flexibility index (Phi) is 4.06. The molecule has 3 atom stereocenters. The smallest absolute Gasteiger partial charge is 0.341 e. The Morgan fingerprint density at radius 1 is 1.34 bits per heavy atom. The van der Waals surface area contributed by atoms with E-state index in [1.165, 1.54) is 6.20 Å². The van der Waals surface area contributed by atoms with Crippen LogP contribution in [-0.2, 0) is 0 Å². The average Bonchev–Trinajstić information content (AvgIpc) is 3.41. The van der Waals surface area contributed by atoms with Crippen molar-refractivity contribution < 1.29 is 23.4 Å². The molecule has 1 aliphatic carbocycles. The molecule has 7 nitrogen and oxygen atoms in total. The van der Waals surface area contributed by atoms with Gasteiger partial charge < -0.3 is 24.6 Å². The highest BCUT2D eigenvalue weighted by molar-refractivity contribution is 5.97. The first-order valence-electron chi connectivity index (χ1n) is 9.77. The van der Waals surface area contributed by atoms with Crippen molar-refractivity contribution in [3.63, 3.8) is 0 Å². The van der Waals surface area contributed by atoms with Crippen molar-refractivity contribution in [3.8, 4) is 5.75 Å². The summed E-state index contributed by atoms with van der Waals surface area (Å²) in [6.07, 6.45) is 2.19. The van der Waals surface area contributed by atoms with Gasteiger partial charge in [0.05, 0.1) is 29.5 Å². The van der Waals surface area contributed by atoms with E-state index in [9.17, 15) is 19.1 Å². The van der Waals surface area contributed by atoms with Gasteiger partial charge in [0.25, 0.3) is 0 Å². The standard InChI is InChI=1S/C20H21F2N3O4/c1-9-8-29-19-16-11(18(26)12(20(27)28)5-25(9)16)4-13(21)17(19)24-6-14(22)15(7-24)23-10-2-3-10/h4-5,9-10,14-15,23H,2-3,6-8H2,1H3,(H,27,28)/t9-,14+,15+/m1/s1. The van der Waals surface area contributed by atoms with Gasteiger partial charge in [0.15, 0.2) is 11.6 Å². The summed E-state index contributed by atoms with van der Waals surface area (Å²) in [4.78, 5) is 25.7. The lowest BCUT2D eigenvalue weighted by molar-refractivity contribution is 0.0694. The largest absolute Gasteiger partial charge is 0.487 e. The molecule has 0 radical (unpaired) electrons. The zero-order valence-electron chi connectivity index (χ0n) is 15.8. The zero-order chi connectivity index (χ0) is 20.4. The maximum absolute atomic E-state index is 15.2. The first kappa shape index (κ1) is 18.4. The highest BCUT2D eigenvalue weighted by Gasteiger charge is 2.39. The molecule has 2 aliphatic heterocycles. The summed E-state index contributed by atoms with van der Waals surface area (Å²) < 4.78 is 37.2. The number of anilines is 1. The number of halogens is 2. The van der Waals surface area contributed by atoms with E-state index in [0.29, 0.717) is 18.1 Å². The SMILES string of the molecule is C[C@@H]1COc2c(N3C[C@H](NC4CC4)[C@@H](F)C3)c(F)cc3c(=O)c(C(=O)O)cn1c23. The number of ether oxygens (including phenoxy) is 1. The van der Waals surface area contributed by atoms with Gasteiger partial charge >= 0.3 is 5.97 Å². The van der Waals surface area contributed by atoms with Gasteiger partial charge in [-0.1, -0.05) is 0 Å². The van der Waals surface area contributed by atoms with Crippen LogP contribution in [0.1, 0.15) is 36.2 Å². The molecule has 154 valence electrons. The van der Waals surface area contributed by atoms with Crippen LogP contribution in [0, 0.1) is 5.82 Å². The number of pyridine rings is 1. The first-order valence-corrected chi connectivity index (χ1v) is 9.77. The lowest BCUT2D eigenvalue weighted by Crippen LogP contribution is -2.38. The van der Waals surface area contributed by atoms with E-state index in [0.717, 1.165) is 18.9 Å². The van der Waals surface area contributed by atoms with Crippen molar-refractivity contribution in [1.29, 1.82) is 0 Å². The minimum Gasteiger partial charge on any atom is -0.487 e. The number of hydrogen-bond acceptors (Lipinski definition) is 5. The van der Waals surface area contributed by atoms with Crippen LogP contribution in [0.25, 0.3) is 10.9 Å². The quantitative estimate of drug-likeness (QED) is 0.810. The number of carboxylic acid groups (broad SMARTS) is 1. The molecule has 3 aliphatic rings. The Bertz CT molecular complexity index is 1080. The maximum Gasteiger partial charge on any atom is 0.341 e. The maximum atomic E-state index is 15.2. The molecule has 3 heterocycles. The molecule has 1 saturated carbocycles. The van der Waals surface area contributed by atoms with Gasteiger partial charge in [0, 0.05) is 18.8 Å². The van der Waals surface area contributed by atoms with Crippen LogP contribution in [0.2, 0.25) is 0 Å². The van der Waals surface area contributed by atoms with Gasteiger partial charge in [-0.05, 0) is 25.8 Å². The van der Waals surface area contributed by atoms with Gasteiger partial charge in [-0.25, -0.2) is 13.6 Å². The van der Waals surface area contributed by atoms with Gasteiger partial charge in [0.1, 0.15) is 24.0 Å². The molecule has 0 bridgehead atoms. The van der Waals surface area contributed by atoms with E-state index in [2.05, 4.69) is 5.32 Å². The minimum atomic E-state index is -1.36. The Hall–Kier alpha value is -2.68. The number of nitrogens with one attached hydrogen (secondary N) is 1. The molecular formula is C20H21F2N3O4. The van der Waals surface area contributed by atoms with Gasteiger partial charge in [-0.15, -0.1) is 0 Å². The third kappa shape index (κ3) is 2.87. The van der Waals surface area contributed by atoms with Crippen molar-refractivity contribution in [1.82, 2.24) is 9.88 Å². The molecule has 1 saturated heterocycles. The summed E-state index contributed by atoms with van der Waals surface area (Å²) in [6.45, 7) is 2.33. The lowest BCUT2D eigenvalue weighted by Gasteiger charge is -2.31. The number of nitrogens with zero attached hydrogens (tertiary/aromatic N) is 2. The van der Waals surface area contributed by atoms with Crippen LogP contribution in [0.4, 0.5) is 14.5 Å². The fourth-order valence-corrected chi connectivity index (χ4v) is 4.32. The van der Waals surface area contributed by atoms with Crippen molar-refractivity contribution >= 4 is 22.6 Å². The number of carbonyl (C=O) groups is 1. The summed E-state index contributed by atoms with van der Waals surface area (Å²) in [5, 5.41) is 12.6. The number of benzene rings is 1. The fraction of sp³-hybridized carbons (Fsp3) is 0.500. The van der Waals surface area contributed by atoms with Crippen LogP contribution >= 0.6 is 0 Å². The summed E-state index contributed by atoms with van der Waals surface area (Å²) >= 11 is 0. The Morgan fingerprint density at radius 3 is 2.79 bits per heavy atom. The number of aromatic nitrogens is 1. The van der Waals surface area contributed by atoms with E-state index >= 15 is 4.39 Å². The number of rotatable bonds is 4. The summed E-state index contributed by atoms with van der Waals surface area (Å²) in [5.74, 6) is -1.90. The highest BCUT2D eigenvalue weighted by Crippen LogP contribution is 2.43. The molecule has 1 aromatic heterocycles. The second-order valence-corrected chi connectivity index (χ2v) is 8.15. The first-order chi connectivity index (χ1) is 13.8. The van der Waals surface area contributed by atoms with Gasteiger partial charge in [-0.2, -0.15) is 0 Å². The molecule has 5 rings (SSSR count). The van der Waals surface area contributed by atoms with E-state index < -0.39 is 29.0 Å². The minimum absolute atomic E-state index is 0.0240. The van der Waals surface area contributed by atoms with Crippen molar-refractivity contribution in [2.24, 2.45) is 0 Å². The predicted molar refractivity (Wildman–Crippen MR) is 102 cm³/mol. The van der Waals surface area contributed by atoms with E-state index in [4.69, 9.17) is 4.74 Å². The molecule has 29 heavy (non-hydrogen) atoms. The molecule has 0 unspecified atom stereocenters. The van der Waals surface area contributed by atoms with Crippen molar-refractivity contribution in [2.75, 3.05) is 24.6 Å². The molecular weight excluding hydrogens is 384 g/mol. The molecule has 1 aromatic carbocycles. The van der Waals surface area contributed by atoms with Crippen LogP contribution in [0.3, 0.4) is 0 Å². The summed E-state index contributed by atoms with van der Waals surface area (Å²) in [5.41, 5.74) is -0.693. The third-order valence-electron chi connectivity index (χ3n) is 5.96. The van der Waals surface area contributed by atoms with Crippen LogP contribution in [0.15, 0.2) is 17.1 Å². The molecule has 2 N–H and O–H groups in total. The van der Waals surface area contributed by atoms with Crippen LogP contribution in [0.5, 0.6) is 5.75 Å².